The van der Waals surface area contributed by atoms with Crippen LogP contribution in [0.2, 0.25) is 0 Å². The van der Waals surface area contributed by atoms with Gasteiger partial charge in [0.2, 0.25) is 0 Å². The SMILES string of the molecule is COc1ccc(OCC(=O)NC(=O)NC2CCCC2)cc1. The Morgan fingerprint density at radius 1 is 1.14 bits per heavy atom. The summed E-state index contributed by atoms with van der Waals surface area (Å²) in [6.45, 7) is -0.204. The fraction of sp³-hybridized carbons (Fsp3) is 0.467. The number of methoxy groups -OCH3 is 1. The number of carbonyl (C=O) groups excluding carboxylic acids is 2. The second-order valence-electron chi connectivity index (χ2n) is 4.97. The zero-order chi connectivity index (χ0) is 15.1. The van der Waals surface area contributed by atoms with Gasteiger partial charge >= 0.3 is 6.03 Å². The highest BCUT2D eigenvalue weighted by Gasteiger charge is 2.18. The molecule has 0 unspecified atom stereocenters. The summed E-state index contributed by atoms with van der Waals surface area (Å²) in [6.07, 6.45) is 4.20. The van der Waals surface area contributed by atoms with Crippen LogP contribution in [0.5, 0.6) is 11.5 Å². The Balaban J connectivity index is 1.69. The van der Waals surface area contributed by atoms with Gasteiger partial charge < -0.3 is 14.8 Å². The standard InChI is InChI=1S/C15H20N2O4/c1-20-12-6-8-13(9-7-12)21-10-14(18)17-15(19)16-11-4-2-3-5-11/h6-9,11H,2-5,10H2,1H3,(H2,16,17,18,19). The van der Waals surface area contributed by atoms with E-state index in [0.29, 0.717) is 11.5 Å². The number of nitrogens with one attached hydrogen (secondary N) is 2. The van der Waals surface area contributed by atoms with Gasteiger partial charge in [0.05, 0.1) is 7.11 Å². The molecule has 0 saturated heterocycles. The second-order valence-corrected chi connectivity index (χ2v) is 4.97. The quantitative estimate of drug-likeness (QED) is 0.868. The Morgan fingerprint density at radius 3 is 2.38 bits per heavy atom. The minimum Gasteiger partial charge on any atom is -0.497 e. The molecule has 3 amide bonds. The first-order chi connectivity index (χ1) is 10.2. The number of urea groups is 1. The molecule has 2 N–H and O–H groups in total. The van der Waals surface area contributed by atoms with Crippen molar-refractivity contribution in [2.45, 2.75) is 31.7 Å². The lowest BCUT2D eigenvalue weighted by Gasteiger charge is -2.12. The maximum absolute atomic E-state index is 11.6. The lowest BCUT2D eigenvalue weighted by atomic mass is 10.2. The third-order valence-electron chi connectivity index (χ3n) is 3.37. The number of ether oxygens (including phenoxy) is 2. The van der Waals surface area contributed by atoms with Gasteiger partial charge in [0.1, 0.15) is 11.5 Å². The molecule has 6 nitrogen and oxygen atoms in total. The van der Waals surface area contributed by atoms with E-state index in [1.54, 1.807) is 31.4 Å². The molecule has 2 rings (SSSR count). The molecule has 21 heavy (non-hydrogen) atoms. The molecule has 1 aromatic rings. The molecule has 1 saturated carbocycles. The van der Waals surface area contributed by atoms with Crippen LogP contribution >= 0.6 is 0 Å². The van der Waals surface area contributed by atoms with Crippen molar-refractivity contribution in [1.29, 1.82) is 0 Å². The van der Waals surface area contributed by atoms with Gasteiger partial charge in [-0.25, -0.2) is 4.79 Å². The summed E-state index contributed by atoms with van der Waals surface area (Å²) >= 11 is 0. The van der Waals surface area contributed by atoms with E-state index in [9.17, 15) is 9.59 Å². The molecule has 0 radical (unpaired) electrons. The van der Waals surface area contributed by atoms with E-state index in [0.717, 1.165) is 25.7 Å². The van der Waals surface area contributed by atoms with Crippen LogP contribution in [0.1, 0.15) is 25.7 Å². The Morgan fingerprint density at radius 2 is 1.76 bits per heavy atom. The molecule has 1 aromatic carbocycles. The van der Waals surface area contributed by atoms with Gasteiger partial charge in [-0.2, -0.15) is 0 Å². The molecule has 0 bridgehead atoms. The first-order valence-corrected chi connectivity index (χ1v) is 7.04. The molecule has 0 heterocycles. The van der Waals surface area contributed by atoms with Crippen molar-refractivity contribution in [1.82, 2.24) is 10.6 Å². The van der Waals surface area contributed by atoms with Crippen molar-refractivity contribution >= 4 is 11.9 Å². The molecule has 0 spiro atoms. The minimum atomic E-state index is -0.471. The van der Waals surface area contributed by atoms with Gasteiger partial charge in [-0.1, -0.05) is 12.8 Å². The number of amides is 3. The van der Waals surface area contributed by atoms with Crippen molar-refractivity contribution in [2.24, 2.45) is 0 Å². The van der Waals surface area contributed by atoms with Crippen LogP contribution < -0.4 is 20.1 Å². The van der Waals surface area contributed by atoms with Gasteiger partial charge in [0.25, 0.3) is 5.91 Å². The minimum absolute atomic E-state index is 0.181. The number of hydrogen-bond acceptors (Lipinski definition) is 4. The van der Waals surface area contributed by atoms with Gasteiger partial charge in [-0.05, 0) is 37.1 Å². The Hall–Kier alpha value is -2.24. The first kappa shape index (κ1) is 15.2. The van der Waals surface area contributed by atoms with Crippen molar-refractivity contribution < 1.29 is 19.1 Å². The monoisotopic (exact) mass is 292 g/mol. The largest absolute Gasteiger partial charge is 0.497 e. The summed E-state index contributed by atoms with van der Waals surface area (Å²) in [6, 6.07) is 6.60. The van der Waals surface area contributed by atoms with Crippen LogP contribution in [0.25, 0.3) is 0 Å². The average molecular weight is 292 g/mol. The van der Waals surface area contributed by atoms with Crippen molar-refractivity contribution in [3.63, 3.8) is 0 Å². The number of imide groups is 1. The van der Waals surface area contributed by atoms with E-state index in [-0.39, 0.29) is 12.6 Å². The van der Waals surface area contributed by atoms with Crippen LogP contribution in [-0.4, -0.2) is 31.7 Å². The summed E-state index contributed by atoms with van der Waals surface area (Å²) in [7, 11) is 1.58. The lowest BCUT2D eigenvalue weighted by molar-refractivity contribution is -0.122. The number of hydrogen-bond donors (Lipinski definition) is 2. The van der Waals surface area contributed by atoms with Crippen LogP contribution in [-0.2, 0) is 4.79 Å². The summed E-state index contributed by atoms with van der Waals surface area (Å²) in [4.78, 5) is 23.2. The highest BCUT2D eigenvalue weighted by Crippen LogP contribution is 2.17. The van der Waals surface area contributed by atoms with E-state index < -0.39 is 11.9 Å². The van der Waals surface area contributed by atoms with E-state index in [1.165, 1.54) is 0 Å². The number of carbonyl (C=O) groups is 2. The number of benzene rings is 1. The number of rotatable bonds is 5. The zero-order valence-corrected chi connectivity index (χ0v) is 12.1. The van der Waals surface area contributed by atoms with Crippen LogP contribution in [0.4, 0.5) is 4.79 Å². The predicted octanol–water partition coefficient (Wildman–Crippen LogP) is 1.84. The third kappa shape index (κ3) is 4.98. The Labute approximate surface area is 123 Å². The second kappa shape index (κ2) is 7.52. The Kier molecular flexibility index (Phi) is 5.43. The molecule has 1 fully saturated rings. The van der Waals surface area contributed by atoms with Crippen LogP contribution in [0.15, 0.2) is 24.3 Å². The maximum Gasteiger partial charge on any atom is 0.321 e. The molecule has 1 aliphatic rings. The molecule has 114 valence electrons. The summed E-state index contributed by atoms with van der Waals surface area (Å²) in [5.41, 5.74) is 0. The predicted molar refractivity (Wildman–Crippen MR) is 77.4 cm³/mol. The fourth-order valence-corrected chi connectivity index (χ4v) is 2.28. The molecule has 1 aliphatic carbocycles. The molecular formula is C15H20N2O4. The maximum atomic E-state index is 11.6. The van der Waals surface area contributed by atoms with Gasteiger partial charge in [-0.15, -0.1) is 0 Å². The zero-order valence-electron chi connectivity index (χ0n) is 12.1. The molecule has 6 heteroatoms. The van der Waals surface area contributed by atoms with Crippen molar-refractivity contribution in [2.75, 3.05) is 13.7 Å². The summed E-state index contributed by atoms with van der Waals surface area (Å²) in [5, 5.41) is 5.04. The Bertz CT molecular complexity index is 481. The average Bonchev–Trinajstić information content (AvgIpc) is 2.98. The molecular weight excluding hydrogens is 272 g/mol. The highest BCUT2D eigenvalue weighted by molar-refractivity contribution is 5.95. The third-order valence-corrected chi connectivity index (χ3v) is 3.37. The lowest BCUT2D eigenvalue weighted by Crippen LogP contribution is -2.45. The molecule has 0 atom stereocenters. The van der Waals surface area contributed by atoms with Gasteiger partial charge in [-0.3, -0.25) is 10.1 Å². The van der Waals surface area contributed by atoms with Crippen molar-refractivity contribution in [3.8, 4) is 11.5 Å². The smallest absolute Gasteiger partial charge is 0.321 e. The van der Waals surface area contributed by atoms with Crippen LogP contribution in [0.3, 0.4) is 0 Å². The normalized spacial score (nSPS) is 14.5. The van der Waals surface area contributed by atoms with Gasteiger partial charge in [0, 0.05) is 6.04 Å². The van der Waals surface area contributed by atoms with Gasteiger partial charge in [0.15, 0.2) is 6.61 Å². The molecule has 0 aliphatic heterocycles. The van der Waals surface area contributed by atoms with E-state index in [2.05, 4.69) is 10.6 Å². The van der Waals surface area contributed by atoms with Crippen LogP contribution in [0, 0.1) is 0 Å². The summed E-state index contributed by atoms with van der Waals surface area (Å²) < 4.78 is 10.3. The topological polar surface area (TPSA) is 76.7 Å². The fourth-order valence-electron chi connectivity index (χ4n) is 2.28. The first-order valence-electron chi connectivity index (χ1n) is 7.04. The van der Waals surface area contributed by atoms with E-state index in [1.807, 2.05) is 0 Å². The van der Waals surface area contributed by atoms with E-state index >= 15 is 0 Å². The van der Waals surface area contributed by atoms with Crippen molar-refractivity contribution in [3.05, 3.63) is 24.3 Å². The highest BCUT2D eigenvalue weighted by atomic mass is 16.5. The molecule has 0 aromatic heterocycles. The van der Waals surface area contributed by atoms with E-state index in [4.69, 9.17) is 9.47 Å². The summed E-state index contributed by atoms with van der Waals surface area (Å²) in [5.74, 6) is 0.784.